The number of nitrogens with zero attached hydrogens (tertiary/aromatic N) is 1. The Morgan fingerprint density at radius 2 is 1.70 bits per heavy atom. The van der Waals surface area contributed by atoms with Gasteiger partial charge in [-0.05, 0) is 42.8 Å². The van der Waals surface area contributed by atoms with Crippen LogP contribution in [0.1, 0.15) is 37.3 Å². The molecule has 0 bridgehead atoms. The summed E-state index contributed by atoms with van der Waals surface area (Å²) in [6.07, 6.45) is -0.242. The van der Waals surface area contributed by atoms with Crippen LogP contribution in [0.5, 0.6) is 0 Å². The third-order valence-electron chi connectivity index (χ3n) is 6.38. The Bertz CT molecular complexity index is 881. The summed E-state index contributed by atoms with van der Waals surface area (Å²) in [4.78, 5) is 2.43. The smallest absolute Gasteiger partial charge is 0.229 e. The molecule has 4 radical (unpaired) electrons. The van der Waals surface area contributed by atoms with E-state index in [-0.39, 0.29) is 23.5 Å². The molecule has 1 heterocycles. The molecule has 33 heavy (non-hydrogen) atoms. The van der Waals surface area contributed by atoms with E-state index in [1.54, 1.807) is 0 Å². The van der Waals surface area contributed by atoms with E-state index in [1.807, 2.05) is 37.4 Å². The van der Waals surface area contributed by atoms with E-state index in [2.05, 4.69) is 43.0 Å². The maximum absolute atomic E-state index is 11.5. The van der Waals surface area contributed by atoms with Crippen molar-refractivity contribution in [3.63, 3.8) is 0 Å². The predicted molar refractivity (Wildman–Crippen MR) is 138 cm³/mol. The van der Waals surface area contributed by atoms with Gasteiger partial charge in [0.2, 0.25) is 19.5 Å². The Morgan fingerprint density at radius 1 is 1.03 bits per heavy atom. The average molecular weight is 523 g/mol. The van der Waals surface area contributed by atoms with Gasteiger partial charge in [0, 0.05) is 36.9 Å². The van der Waals surface area contributed by atoms with Gasteiger partial charge in [0.15, 0.2) is 0 Å². The first-order chi connectivity index (χ1) is 15.7. The van der Waals surface area contributed by atoms with Crippen molar-refractivity contribution in [2.75, 3.05) is 13.1 Å². The molecular weight excluding hydrogens is 489 g/mol. The molecule has 1 saturated heterocycles. The summed E-state index contributed by atoms with van der Waals surface area (Å²) in [5.74, 6) is 0.231. The van der Waals surface area contributed by atoms with Gasteiger partial charge < -0.3 is 14.0 Å². The first-order valence-electron chi connectivity index (χ1n) is 11.3. The molecule has 1 aliphatic heterocycles. The molecule has 0 saturated carbocycles. The van der Waals surface area contributed by atoms with Crippen molar-refractivity contribution in [2.45, 2.75) is 58.2 Å². The highest BCUT2D eigenvalue weighted by Gasteiger charge is 2.42. The number of hydrogen-bond donors (Lipinski definition) is 1. The van der Waals surface area contributed by atoms with Crippen molar-refractivity contribution in [1.29, 1.82) is 0 Å². The van der Waals surface area contributed by atoms with Crippen molar-refractivity contribution in [1.82, 2.24) is 4.90 Å². The third-order valence-corrected chi connectivity index (χ3v) is 8.02. The fourth-order valence-electron chi connectivity index (χ4n) is 4.71. The van der Waals surface area contributed by atoms with E-state index in [1.165, 1.54) is 5.56 Å². The Hall–Kier alpha value is -0.706. The Kier molecular flexibility index (Phi) is 10.0. The van der Waals surface area contributed by atoms with E-state index in [4.69, 9.17) is 32.1 Å². The molecule has 1 aliphatic rings. The van der Waals surface area contributed by atoms with Gasteiger partial charge in [0.25, 0.3) is 0 Å². The van der Waals surface area contributed by atoms with Gasteiger partial charge >= 0.3 is 0 Å². The van der Waals surface area contributed by atoms with Crippen molar-refractivity contribution >= 4 is 42.7 Å². The van der Waals surface area contributed by atoms with Crippen molar-refractivity contribution in [2.24, 2.45) is 11.3 Å². The van der Waals surface area contributed by atoms with Crippen LogP contribution in [0.25, 0.3) is 0 Å². The molecule has 0 amide bonds. The minimum Gasteiger partial charge on any atom is -0.394 e. The molecule has 3 rings (SSSR count). The average Bonchev–Trinajstić information content (AvgIpc) is 3.20. The van der Waals surface area contributed by atoms with Crippen LogP contribution in [0.3, 0.4) is 0 Å². The van der Waals surface area contributed by atoms with Crippen molar-refractivity contribution in [3.05, 3.63) is 69.7 Å². The second kappa shape index (κ2) is 12.3. The first-order valence-corrected chi connectivity index (χ1v) is 14.9. The Morgan fingerprint density at radius 3 is 2.30 bits per heavy atom. The number of benzene rings is 2. The fourth-order valence-corrected chi connectivity index (χ4v) is 6.28. The van der Waals surface area contributed by atoms with Crippen LogP contribution in [0.15, 0.2) is 48.5 Å². The van der Waals surface area contributed by atoms with E-state index in [0.29, 0.717) is 36.0 Å². The van der Waals surface area contributed by atoms with Crippen LogP contribution in [0.2, 0.25) is 23.1 Å². The Labute approximate surface area is 213 Å². The normalized spacial score (nSPS) is 20.5. The summed E-state index contributed by atoms with van der Waals surface area (Å²) < 4.78 is 11.8. The molecule has 2 aromatic carbocycles. The number of likely N-dealkylation sites (tertiary alicyclic amines) is 1. The molecule has 0 unspecified atom stereocenters. The van der Waals surface area contributed by atoms with Gasteiger partial charge in [-0.2, -0.15) is 0 Å². The molecule has 178 valence electrons. The van der Waals surface area contributed by atoms with E-state index < -0.39 is 6.10 Å². The first kappa shape index (κ1) is 26.9. The van der Waals surface area contributed by atoms with Gasteiger partial charge in [-0.25, -0.2) is 0 Å². The van der Waals surface area contributed by atoms with Gasteiger partial charge in [-0.3, -0.25) is 4.90 Å². The predicted octanol–water partition coefficient (Wildman–Crippen LogP) is 5.68. The van der Waals surface area contributed by atoms with Crippen LogP contribution < -0.4 is 0 Å². The molecule has 8 heteroatoms. The summed E-state index contributed by atoms with van der Waals surface area (Å²) in [7, 11) is 0.675. The lowest BCUT2D eigenvalue weighted by Crippen LogP contribution is -2.41. The number of hydrogen-bond acceptors (Lipinski definition) is 4. The molecule has 3 atom stereocenters. The number of aliphatic hydroxyl groups is 1. The third kappa shape index (κ3) is 7.15. The minimum atomic E-state index is -0.504. The van der Waals surface area contributed by atoms with Gasteiger partial charge in [-0.1, -0.05) is 73.4 Å². The monoisotopic (exact) mass is 521 g/mol. The molecule has 2 aromatic rings. The highest BCUT2D eigenvalue weighted by atomic mass is 35.5. The standard InChI is InChI=1S/C25H33Cl2NO3Si2/c1-25(2,24(30-32-3)31-33-4)13-23(29)20-16-28(14-17-8-6-5-7-9-17)15-19(20)18-10-11-21(26)22(27)12-18/h5-12,19-20,23-24,29H,13-16H2,1-4H3/t19-,20-,23+/m1/s1. The molecular formula is C25H33Cl2NO3Si2. The van der Waals surface area contributed by atoms with Gasteiger partial charge in [0.05, 0.1) is 16.1 Å². The number of rotatable bonds is 11. The zero-order valence-corrected chi connectivity index (χ0v) is 23.2. The van der Waals surface area contributed by atoms with Crippen LogP contribution in [-0.4, -0.2) is 55.0 Å². The fraction of sp³-hybridized carbons (Fsp3) is 0.520. The van der Waals surface area contributed by atoms with Crippen LogP contribution >= 0.6 is 23.2 Å². The lowest BCUT2D eigenvalue weighted by atomic mass is 9.77. The van der Waals surface area contributed by atoms with Crippen LogP contribution in [0, 0.1) is 11.3 Å². The summed E-state index contributed by atoms with van der Waals surface area (Å²) in [6.45, 7) is 10.8. The van der Waals surface area contributed by atoms with Crippen LogP contribution in [-0.2, 0) is 15.4 Å². The van der Waals surface area contributed by atoms with Crippen molar-refractivity contribution in [3.8, 4) is 0 Å². The molecule has 1 N–H and O–H groups in total. The highest BCUT2D eigenvalue weighted by molar-refractivity contribution is 6.42. The largest absolute Gasteiger partial charge is 0.394 e. The SMILES string of the molecule is C[Si]OC(O[Si]C)C(C)(C)C[C@H](O)[C@@H]1CN(Cc2ccccc2)C[C@@H]1c1ccc(Cl)c(Cl)c1. The number of halogens is 2. The summed E-state index contributed by atoms with van der Waals surface area (Å²) in [6, 6.07) is 16.3. The quantitative estimate of drug-likeness (QED) is 0.305. The molecule has 0 aliphatic carbocycles. The zero-order valence-electron chi connectivity index (χ0n) is 19.7. The zero-order chi connectivity index (χ0) is 24.0. The van der Waals surface area contributed by atoms with Crippen molar-refractivity contribution < 1.29 is 14.0 Å². The summed E-state index contributed by atoms with van der Waals surface area (Å²) >= 11 is 12.5. The maximum Gasteiger partial charge on any atom is 0.229 e. The van der Waals surface area contributed by atoms with Crippen LogP contribution in [0.4, 0.5) is 0 Å². The topological polar surface area (TPSA) is 41.9 Å². The lowest BCUT2D eigenvalue weighted by Gasteiger charge is -2.37. The number of aliphatic hydroxyl groups excluding tert-OH is 1. The Balaban J connectivity index is 1.82. The molecule has 0 aromatic heterocycles. The second-order valence-electron chi connectivity index (χ2n) is 9.36. The summed E-state index contributed by atoms with van der Waals surface area (Å²) in [5.41, 5.74) is 2.08. The molecule has 1 fully saturated rings. The molecule has 4 nitrogen and oxygen atoms in total. The lowest BCUT2D eigenvalue weighted by molar-refractivity contribution is -0.100. The maximum atomic E-state index is 11.5. The highest BCUT2D eigenvalue weighted by Crippen LogP contribution is 2.41. The van der Waals surface area contributed by atoms with E-state index in [9.17, 15) is 5.11 Å². The second-order valence-corrected chi connectivity index (χ2v) is 11.5. The van der Waals surface area contributed by atoms with Gasteiger partial charge in [-0.15, -0.1) is 0 Å². The van der Waals surface area contributed by atoms with E-state index in [0.717, 1.165) is 25.2 Å². The summed E-state index contributed by atoms with van der Waals surface area (Å²) in [5, 5.41) is 12.6. The van der Waals surface area contributed by atoms with Gasteiger partial charge in [0.1, 0.15) is 6.29 Å². The molecule has 0 spiro atoms. The minimum absolute atomic E-state index is 0.0685. The van der Waals surface area contributed by atoms with E-state index >= 15 is 0 Å².